The summed E-state index contributed by atoms with van der Waals surface area (Å²) in [5.41, 5.74) is 0.401. The van der Waals surface area contributed by atoms with Crippen LogP contribution in [0.3, 0.4) is 0 Å². The molecule has 9 heteroatoms. The molecule has 0 radical (unpaired) electrons. The van der Waals surface area contributed by atoms with E-state index in [2.05, 4.69) is 4.72 Å². The van der Waals surface area contributed by atoms with Crippen LogP contribution in [-0.2, 0) is 16.4 Å². The van der Waals surface area contributed by atoms with Gasteiger partial charge in [0.15, 0.2) is 5.78 Å². The van der Waals surface area contributed by atoms with Gasteiger partial charge in [-0.05, 0) is 61.4 Å². The molecule has 0 saturated heterocycles. The number of fused-ring (bicyclic) bond motifs is 1. The first-order valence-electron chi connectivity index (χ1n) is 12.1. The number of hydrogen-bond donors (Lipinski definition) is 3. The Balaban J connectivity index is 1.55. The van der Waals surface area contributed by atoms with Gasteiger partial charge in [0.2, 0.25) is 0 Å². The highest BCUT2D eigenvalue weighted by molar-refractivity contribution is 7.92. The molecule has 2 aliphatic rings. The van der Waals surface area contributed by atoms with E-state index in [0.717, 1.165) is 38.2 Å². The third-order valence-electron chi connectivity index (χ3n) is 6.82. The normalized spacial score (nSPS) is 17.1. The SMILES string of the molecule is O=C1CCCCCc2oc(=O)c(C(c3cccc(NS(=O)(=O)c4cccc(O)c4)c3)C3CC3)c(O)c21. The fraction of sp³-hybridized carbons (Fsp3) is 0.333. The molecule has 1 unspecified atom stereocenters. The molecular weight excluding hydrogens is 482 g/mol. The molecule has 2 aliphatic carbocycles. The quantitative estimate of drug-likeness (QED) is 0.439. The van der Waals surface area contributed by atoms with Gasteiger partial charge in [0, 0.05) is 30.5 Å². The van der Waals surface area contributed by atoms with Crippen molar-refractivity contribution in [2.75, 3.05) is 4.72 Å². The molecule has 1 fully saturated rings. The van der Waals surface area contributed by atoms with Gasteiger partial charge in [-0.2, -0.15) is 0 Å². The van der Waals surface area contributed by atoms with Gasteiger partial charge in [0.25, 0.3) is 10.0 Å². The number of benzene rings is 2. The molecule has 0 bridgehead atoms. The Morgan fingerprint density at radius 2 is 1.69 bits per heavy atom. The molecule has 3 aromatic rings. The van der Waals surface area contributed by atoms with Crippen LogP contribution in [0.15, 0.2) is 62.6 Å². The zero-order valence-corrected chi connectivity index (χ0v) is 20.4. The van der Waals surface area contributed by atoms with Gasteiger partial charge in [-0.25, -0.2) is 13.2 Å². The second kappa shape index (κ2) is 9.46. The highest BCUT2D eigenvalue weighted by Crippen LogP contribution is 2.49. The van der Waals surface area contributed by atoms with Gasteiger partial charge in [-0.1, -0.05) is 24.6 Å². The molecule has 0 amide bonds. The number of sulfonamides is 1. The van der Waals surface area contributed by atoms with Crippen molar-refractivity contribution >= 4 is 21.5 Å². The Morgan fingerprint density at radius 3 is 2.44 bits per heavy atom. The molecule has 1 saturated carbocycles. The minimum Gasteiger partial charge on any atom is -0.508 e. The van der Waals surface area contributed by atoms with Crippen molar-refractivity contribution < 1.29 is 27.8 Å². The van der Waals surface area contributed by atoms with Gasteiger partial charge in [0.1, 0.15) is 17.3 Å². The monoisotopic (exact) mass is 509 g/mol. The fourth-order valence-corrected chi connectivity index (χ4v) is 6.05. The van der Waals surface area contributed by atoms with Gasteiger partial charge in [-0.15, -0.1) is 0 Å². The number of Topliss-reactive ketones (excluding diaryl/α,β-unsaturated/α-hetero) is 1. The zero-order chi connectivity index (χ0) is 25.4. The van der Waals surface area contributed by atoms with Gasteiger partial charge < -0.3 is 14.6 Å². The summed E-state index contributed by atoms with van der Waals surface area (Å²) in [4.78, 5) is 25.9. The predicted molar refractivity (Wildman–Crippen MR) is 133 cm³/mol. The third-order valence-corrected chi connectivity index (χ3v) is 8.20. The molecule has 188 valence electrons. The first-order valence-corrected chi connectivity index (χ1v) is 13.6. The van der Waals surface area contributed by atoms with E-state index in [9.17, 15) is 28.2 Å². The van der Waals surface area contributed by atoms with Crippen LogP contribution in [0.2, 0.25) is 0 Å². The third kappa shape index (κ3) is 4.75. The van der Waals surface area contributed by atoms with E-state index in [-0.39, 0.29) is 57.1 Å². The Bertz CT molecular complexity index is 1490. The van der Waals surface area contributed by atoms with E-state index in [0.29, 0.717) is 12.0 Å². The molecule has 36 heavy (non-hydrogen) atoms. The molecule has 2 aromatic carbocycles. The maximum atomic E-state index is 13.1. The standard InChI is InChI=1S/C27H27NO7S/c29-19-8-5-9-20(15-19)36(33,34)28-18-7-4-6-17(14-18)23(16-12-13-16)25-26(31)24-21(30)10-2-1-3-11-22(24)35-27(25)32/h4-9,14-16,23,28-29,31H,1-3,10-13H2. The summed E-state index contributed by atoms with van der Waals surface area (Å²) >= 11 is 0. The number of aromatic hydroxyl groups is 2. The van der Waals surface area contributed by atoms with Crippen molar-refractivity contribution in [3.05, 3.63) is 81.4 Å². The lowest BCUT2D eigenvalue weighted by Crippen LogP contribution is -2.21. The van der Waals surface area contributed by atoms with Crippen molar-refractivity contribution in [3.8, 4) is 11.5 Å². The maximum absolute atomic E-state index is 13.1. The van der Waals surface area contributed by atoms with E-state index in [1.165, 1.54) is 18.2 Å². The summed E-state index contributed by atoms with van der Waals surface area (Å²) in [6.07, 6.45) is 4.71. The van der Waals surface area contributed by atoms with Crippen molar-refractivity contribution in [2.24, 2.45) is 5.92 Å². The van der Waals surface area contributed by atoms with E-state index in [1.807, 2.05) is 0 Å². The number of phenolic OH excluding ortho intramolecular Hbond substituents is 1. The first kappa shape index (κ1) is 24.1. The summed E-state index contributed by atoms with van der Waals surface area (Å²) in [7, 11) is -3.98. The van der Waals surface area contributed by atoms with Crippen LogP contribution in [0, 0.1) is 5.92 Å². The van der Waals surface area contributed by atoms with E-state index in [1.54, 1.807) is 24.3 Å². The van der Waals surface area contributed by atoms with Crippen LogP contribution in [0.1, 0.15) is 71.7 Å². The average Bonchev–Trinajstić information content (AvgIpc) is 3.65. The van der Waals surface area contributed by atoms with Crippen LogP contribution < -0.4 is 10.3 Å². The zero-order valence-electron chi connectivity index (χ0n) is 19.6. The highest BCUT2D eigenvalue weighted by Gasteiger charge is 2.39. The summed E-state index contributed by atoms with van der Waals surface area (Å²) < 4.78 is 33.8. The smallest absolute Gasteiger partial charge is 0.343 e. The Labute approximate surface area is 208 Å². The minimum atomic E-state index is -3.98. The summed E-state index contributed by atoms with van der Waals surface area (Å²) in [5.74, 6) is -0.956. The molecule has 5 rings (SSSR count). The largest absolute Gasteiger partial charge is 0.508 e. The van der Waals surface area contributed by atoms with Crippen molar-refractivity contribution in [2.45, 2.75) is 55.8 Å². The Kier molecular flexibility index (Phi) is 6.34. The Morgan fingerprint density at radius 1 is 0.944 bits per heavy atom. The number of nitrogens with one attached hydrogen (secondary N) is 1. The summed E-state index contributed by atoms with van der Waals surface area (Å²) in [6, 6.07) is 12.0. The number of carbonyl (C=O) groups excluding carboxylic acids is 1. The molecular formula is C27H27NO7S. The number of aryl methyl sites for hydroxylation is 1. The van der Waals surface area contributed by atoms with E-state index < -0.39 is 21.6 Å². The fourth-order valence-electron chi connectivity index (χ4n) is 4.96. The molecule has 1 aromatic heterocycles. The van der Waals surface area contributed by atoms with Crippen molar-refractivity contribution in [1.82, 2.24) is 0 Å². The number of hydrogen-bond acceptors (Lipinski definition) is 7. The lowest BCUT2D eigenvalue weighted by Gasteiger charge is -2.21. The maximum Gasteiger partial charge on any atom is 0.343 e. The number of rotatable bonds is 6. The van der Waals surface area contributed by atoms with Crippen molar-refractivity contribution in [3.63, 3.8) is 0 Å². The second-order valence-corrected chi connectivity index (χ2v) is 11.2. The van der Waals surface area contributed by atoms with Gasteiger partial charge >= 0.3 is 5.63 Å². The van der Waals surface area contributed by atoms with Gasteiger partial charge in [-0.3, -0.25) is 9.52 Å². The lowest BCUT2D eigenvalue weighted by molar-refractivity contribution is 0.0968. The van der Waals surface area contributed by atoms with Crippen LogP contribution in [-0.4, -0.2) is 24.4 Å². The Hall–Kier alpha value is -3.59. The van der Waals surface area contributed by atoms with Crippen LogP contribution in [0.5, 0.6) is 11.5 Å². The molecule has 1 heterocycles. The molecule has 0 aliphatic heterocycles. The van der Waals surface area contributed by atoms with E-state index >= 15 is 0 Å². The van der Waals surface area contributed by atoms with Crippen LogP contribution in [0.4, 0.5) is 5.69 Å². The lowest BCUT2D eigenvalue weighted by atomic mass is 9.85. The van der Waals surface area contributed by atoms with E-state index in [4.69, 9.17) is 4.42 Å². The number of phenols is 1. The number of ketones is 1. The van der Waals surface area contributed by atoms with Crippen LogP contribution >= 0.6 is 0 Å². The second-order valence-electron chi connectivity index (χ2n) is 9.48. The predicted octanol–water partition coefficient (Wildman–Crippen LogP) is 4.69. The first-order chi connectivity index (χ1) is 17.2. The molecule has 1 atom stereocenters. The summed E-state index contributed by atoms with van der Waals surface area (Å²) in [5, 5.41) is 20.9. The molecule has 0 spiro atoms. The molecule has 8 nitrogen and oxygen atoms in total. The minimum absolute atomic E-state index is 0.0539. The molecule has 3 N–H and O–H groups in total. The average molecular weight is 510 g/mol. The van der Waals surface area contributed by atoms with Crippen molar-refractivity contribution in [1.29, 1.82) is 0 Å². The number of carbonyl (C=O) groups is 1. The number of anilines is 1. The summed E-state index contributed by atoms with van der Waals surface area (Å²) in [6.45, 7) is 0. The van der Waals surface area contributed by atoms with Crippen LogP contribution in [0.25, 0.3) is 0 Å². The van der Waals surface area contributed by atoms with Gasteiger partial charge in [0.05, 0.1) is 16.0 Å². The topological polar surface area (TPSA) is 134 Å². The highest BCUT2D eigenvalue weighted by atomic mass is 32.2.